The maximum absolute atomic E-state index is 13.4. The van der Waals surface area contributed by atoms with Gasteiger partial charge in [-0.25, -0.2) is 4.98 Å². The molecule has 2 aliphatic heterocycles. The summed E-state index contributed by atoms with van der Waals surface area (Å²) in [5.41, 5.74) is 2.68. The Hall–Kier alpha value is -2.49. The van der Waals surface area contributed by atoms with Crippen molar-refractivity contribution in [1.82, 2.24) is 20.3 Å². The highest BCUT2D eigenvalue weighted by molar-refractivity contribution is 5.84. The summed E-state index contributed by atoms with van der Waals surface area (Å²) < 4.78 is 51.2. The lowest BCUT2D eigenvalue weighted by Crippen LogP contribution is -2.36. The van der Waals surface area contributed by atoms with Gasteiger partial charge >= 0.3 is 6.18 Å². The molecule has 2 fully saturated rings. The summed E-state index contributed by atoms with van der Waals surface area (Å²) in [6.07, 6.45) is -0.0872. The van der Waals surface area contributed by atoms with Crippen molar-refractivity contribution in [3.8, 4) is 11.3 Å². The van der Waals surface area contributed by atoms with Crippen LogP contribution < -0.4 is 5.32 Å². The van der Waals surface area contributed by atoms with Gasteiger partial charge in [-0.2, -0.15) is 13.2 Å². The van der Waals surface area contributed by atoms with Gasteiger partial charge in [0.05, 0.1) is 36.2 Å². The Morgan fingerprint density at radius 2 is 1.90 bits per heavy atom. The molecule has 0 bridgehead atoms. The molecule has 6 nitrogen and oxygen atoms in total. The van der Waals surface area contributed by atoms with Crippen LogP contribution in [0.5, 0.6) is 0 Å². The first-order valence-electron chi connectivity index (χ1n) is 10.4. The molecule has 0 spiro atoms. The van der Waals surface area contributed by atoms with Crippen molar-refractivity contribution in [3.63, 3.8) is 0 Å². The number of fused-ring (bicyclic) bond motifs is 1. The molecule has 0 amide bonds. The molecule has 1 atom stereocenters. The molecule has 5 rings (SSSR count). The maximum Gasteiger partial charge on any atom is 0.418 e. The van der Waals surface area contributed by atoms with Crippen LogP contribution in [0.1, 0.15) is 41.6 Å². The monoisotopic (exact) mass is 432 g/mol. The lowest BCUT2D eigenvalue weighted by molar-refractivity contribution is -0.136. The summed E-state index contributed by atoms with van der Waals surface area (Å²) in [6, 6.07) is 5.38. The van der Waals surface area contributed by atoms with Crippen LogP contribution in [0.25, 0.3) is 22.3 Å². The second-order valence-electron chi connectivity index (χ2n) is 7.96. The van der Waals surface area contributed by atoms with E-state index >= 15 is 0 Å². The molecule has 2 saturated heterocycles. The van der Waals surface area contributed by atoms with Crippen molar-refractivity contribution >= 4 is 11.0 Å². The fourth-order valence-corrected chi connectivity index (χ4v) is 4.40. The van der Waals surface area contributed by atoms with E-state index in [-0.39, 0.29) is 17.1 Å². The van der Waals surface area contributed by atoms with E-state index < -0.39 is 11.7 Å². The largest absolute Gasteiger partial charge is 0.418 e. The third kappa shape index (κ3) is 4.05. The number of alkyl halides is 3. The van der Waals surface area contributed by atoms with Crippen LogP contribution in [-0.4, -0.2) is 47.9 Å². The third-order valence-corrected chi connectivity index (χ3v) is 6.00. The van der Waals surface area contributed by atoms with Crippen LogP contribution in [-0.2, 0) is 15.7 Å². The van der Waals surface area contributed by atoms with E-state index in [9.17, 15) is 13.2 Å². The minimum Gasteiger partial charge on any atom is -0.381 e. The number of ether oxygens (including phenoxy) is 2. The molecule has 31 heavy (non-hydrogen) atoms. The first-order chi connectivity index (χ1) is 15.0. The molecule has 9 heteroatoms. The van der Waals surface area contributed by atoms with Gasteiger partial charge in [-0.15, -0.1) is 0 Å². The fourth-order valence-electron chi connectivity index (χ4n) is 4.40. The van der Waals surface area contributed by atoms with Crippen LogP contribution >= 0.6 is 0 Å². The zero-order valence-electron chi connectivity index (χ0n) is 16.8. The number of nitrogens with one attached hydrogen (secondary N) is 2. The van der Waals surface area contributed by atoms with E-state index in [1.807, 2.05) is 6.07 Å². The highest BCUT2D eigenvalue weighted by atomic mass is 19.4. The standard InChI is InChI=1S/C22H23F3N4O2/c23-22(24,25)17-11-28-21-16(17)9-14(10-27-21)18-2-1-15(13-3-6-30-7-4-13)20(29-18)19-12-31-8-5-26-19/h1-2,9-11,13,19,26H,3-8,12H2,(H,27,28). The number of H-pyrrole nitrogens is 1. The Bertz CT molecular complexity index is 1070. The number of aromatic nitrogens is 3. The molecule has 0 aromatic carbocycles. The molecular formula is C22H23F3N4O2. The van der Waals surface area contributed by atoms with Crippen molar-refractivity contribution in [1.29, 1.82) is 0 Å². The minimum absolute atomic E-state index is 0.0426. The van der Waals surface area contributed by atoms with Crippen LogP contribution in [0.2, 0.25) is 0 Å². The molecule has 0 saturated carbocycles. The molecular weight excluding hydrogens is 409 g/mol. The lowest BCUT2D eigenvalue weighted by atomic mass is 9.88. The van der Waals surface area contributed by atoms with E-state index in [4.69, 9.17) is 14.5 Å². The maximum atomic E-state index is 13.4. The molecule has 0 aliphatic carbocycles. The zero-order valence-corrected chi connectivity index (χ0v) is 16.8. The van der Waals surface area contributed by atoms with Crippen molar-refractivity contribution in [2.45, 2.75) is 31.0 Å². The summed E-state index contributed by atoms with van der Waals surface area (Å²) in [5.74, 6) is 0.344. The summed E-state index contributed by atoms with van der Waals surface area (Å²) >= 11 is 0. The van der Waals surface area contributed by atoms with Gasteiger partial charge < -0.3 is 19.8 Å². The van der Waals surface area contributed by atoms with Gasteiger partial charge in [0.25, 0.3) is 0 Å². The summed E-state index contributed by atoms with van der Waals surface area (Å²) in [4.78, 5) is 11.7. The number of halogens is 3. The normalized spacial score (nSPS) is 20.9. The fraction of sp³-hybridized carbons (Fsp3) is 0.455. The van der Waals surface area contributed by atoms with Crippen molar-refractivity contribution < 1.29 is 22.6 Å². The zero-order chi connectivity index (χ0) is 21.4. The number of hydrogen-bond donors (Lipinski definition) is 2. The molecule has 2 N–H and O–H groups in total. The molecule has 3 aromatic rings. The van der Waals surface area contributed by atoms with E-state index in [1.165, 1.54) is 6.07 Å². The number of nitrogens with zero attached hydrogens (tertiary/aromatic N) is 2. The molecule has 5 heterocycles. The van der Waals surface area contributed by atoms with Gasteiger partial charge in [0.2, 0.25) is 0 Å². The van der Waals surface area contributed by atoms with Gasteiger partial charge in [-0.3, -0.25) is 4.98 Å². The number of morpholine rings is 1. The topological polar surface area (TPSA) is 72.1 Å². The van der Waals surface area contributed by atoms with E-state index in [0.717, 1.165) is 50.1 Å². The second kappa shape index (κ2) is 8.22. The summed E-state index contributed by atoms with van der Waals surface area (Å²) in [5, 5.41) is 3.50. The quantitative estimate of drug-likeness (QED) is 0.649. The van der Waals surface area contributed by atoms with Gasteiger partial charge in [0.15, 0.2) is 0 Å². The summed E-state index contributed by atoms with van der Waals surface area (Å²) in [7, 11) is 0. The van der Waals surface area contributed by atoms with Gasteiger partial charge in [-0.1, -0.05) is 6.07 Å². The number of rotatable bonds is 3. The highest BCUT2D eigenvalue weighted by Crippen LogP contribution is 2.37. The highest BCUT2D eigenvalue weighted by Gasteiger charge is 2.34. The smallest absolute Gasteiger partial charge is 0.381 e. The molecule has 3 aromatic heterocycles. The Kier molecular flexibility index (Phi) is 5.41. The Balaban J connectivity index is 1.57. The van der Waals surface area contributed by atoms with Crippen LogP contribution in [0.3, 0.4) is 0 Å². The van der Waals surface area contributed by atoms with Crippen molar-refractivity contribution in [2.24, 2.45) is 0 Å². The lowest BCUT2D eigenvalue weighted by Gasteiger charge is -2.29. The average molecular weight is 432 g/mol. The first-order valence-corrected chi connectivity index (χ1v) is 10.4. The first kappa shape index (κ1) is 20.4. The van der Waals surface area contributed by atoms with Crippen LogP contribution in [0, 0.1) is 0 Å². The van der Waals surface area contributed by atoms with Gasteiger partial charge in [-0.05, 0) is 36.5 Å². The molecule has 0 radical (unpaired) electrons. The molecule has 164 valence electrons. The second-order valence-corrected chi connectivity index (χ2v) is 7.96. The SMILES string of the molecule is FC(F)(F)c1c[nH]c2ncc(-c3ccc(C4CCOCC4)c(C4COCCN4)n3)cc12. The van der Waals surface area contributed by atoms with Crippen molar-refractivity contribution in [2.75, 3.05) is 33.0 Å². The summed E-state index contributed by atoms with van der Waals surface area (Å²) in [6.45, 7) is 3.33. The Labute approximate surface area is 177 Å². The third-order valence-electron chi connectivity index (χ3n) is 6.00. The molecule has 2 aliphatic rings. The Morgan fingerprint density at radius 1 is 1.06 bits per heavy atom. The van der Waals surface area contributed by atoms with Gasteiger partial charge in [0.1, 0.15) is 5.65 Å². The Morgan fingerprint density at radius 3 is 2.65 bits per heavy atom. The van der Waals surface area contributed by atoms with Crippen molar-refractivity contribution in [3.05, 3.63) is 47.4 Å². The number of aromatic amines is 1. The average Bonchev–Trinajstić information content (AvgIpc) is 3.24. The number of pyridine rings is 2. The van der Waals surface area contributed by atoms with Gasteiger partial charge in [0, 0.05) is 43.1 Å². The molecule has 1 unspecified atom stereocenters. The van der Waals surface area contributed by atoms with E-state index in [1.54, 1.807) is 6.20 Å². The predicted molar refractivity (Wildman–Crippen MR) is 109 cm³/mol. The van der Waals surface area contributed by atoms with Crippen LogP contribution in [0.4, 0.5) is 13.2 Å². The number of hydrogen-bond acceptors (Lipinski definition) is 5. The van der Waals surface area contributed by atoms with E-state index in [0.29, 0.717) is 30.4 Å². The minimum atomic E-state index is -4.45. The predicted octanol–water partition coefficient (Wildman–Crippen LogP) is 4.20. The van der Waals surface area contributed by atoms with Crippen LogP contribution in [0.15, 0.2) is 30.6 Å². The van der Waals surface area contributed by atoms with E-state index in [2.05, 4.69) is 21.4 Å².